The van der Waals surface area contributed by atoms with Gasteiger partial charge in [-0.05, 0) is 48.2 Å². The SMILES string of the molecule is CCN(CC)S(=O)(=O)c1ccc(C(=O)NCCCn2ccc3ccccc32)cc1. The average molecular weight is 414 g/mol. The number of amides is 1. The van der Waals surface area contributed by atoms with E-state index in [9.17, 15) is 13.2 Å². The van der Waals surface area contributed by atoms with Gasteiger partial charge < -0.3 is 9.88 Å². The predicted octanol–water partition coefficient (Wildman–Crippen LogP) is 3.49. The largest absolute Gasteiger partial charge is 0.352 e. The molecule has 0 radical (unpaired) electrons. The Balaban J connectivity index is 1.54. The number of hydrogen-bond donors (Lipinski definition) is 1. The molecule has 1 N–H and O–H groups in total. The van der Waals surface area contributed by atoms with Crippen LogP contribution in [0.25, 0.3) is 10.9 Å². The smallest absolute Gasteiger partial charge is 0.251 e. The van der Waals surface area contributed by atoms with E-state index in [4.69, 9.17) is 0 Å². The molecule has 0 bridgehead atoms. The van der Waals surface area contributed by atoms with Crippen LogP contribution in [0.2, 0.25) is 0 Å². The summed E-state index contributed by atoms with van der Waals surface area (Å²) in [6.45, 7) is 5.80. The second kappa shape index (κ2) is 9.24. The van der Waals surface area contributed by atoms with Crippen molar-refractivity contribution in [2.45, 2.75) is 31.7 Å². The summed E-state index contributed by atoms with van der Waals surface area (Å²) in [6.07, 6.45) is 2.86. The van der Waals surface area contributed by atoms with E-state index in [0.29, 0.717) is 25.2 Å². The zero-order chi connectivity index (χ0) is 20.9. The maximum Gasteiger partial charge on any atom is 0.251 e. The predicted molar refractivity (Wildman–Crippen MR) is 115 cm³/mol. The van der Waals surface area contributed by atoms with Gasteiger partial charge in [0.25, 0.3) is 5.91 Å². The number of hydrogen-bond acceptors (Lipinski definition) is 3. The number of aromatic nitrogens is 1. The molecule has 0 saturated carbocycles. The first kappa shape index (κ1) is 21.1. The average Bonchev–Trinajstić information content (AvgIpc) is 3.15. The molecule has 0 saturated heterocycles. The number of fused-ring (bicyclic) bond motifs is 1. The van der Waals surface area contributed by atoms with Gasteiger partial charge in [-0.2, -0.15) is 4.31 Å². The van der Waals surface area contributed by atoms with Gasteiger partial charge in [0, 0.05) is 43.5 Å². The van der Waals surface area contributed by atoms with Gasteiger partial charge >= 0.3 is 0 Å². The van der Waals surface area contributed by atoms with Crippen molar-refractivity contribution in [3.8, 4) is 0 Å². The van der Waals surface area contributed by atoms with Crippen LogP contribution in [0.3, 0.4) is 0 Å². The van der Waals surface area contributed by atoms with Crippen LogP contribution in [-0.4, -0.2) is 42.8 Å². The number of rotatable bonds is 9. The van der Waals surface area contributed by atoms with Crippen molar-refractivity contribution in [1.82, 2.24) is 14.2 Å². The summed E-state index contributed by atoms with van der Waals surface area (Å²) in [5, 5.41) is 4.11. The van der Waals surface area contributed by atoms with E-state index >= 15 is 0 Å². The van der Waals surface area contributed by atoms with Crippen LogP contribution in [0.15, 0.2) is 65.7 Å². The summed E-state index contributed by atoms with van der Waals surface area (Å²) in [6, 6.07) is 16.4. The van der Waals surface area contributed by atoms with Crippen LogP contribution in [0.5, 0.6) is 0 Å². The summed E-state index contributed by atoms with van der Waals surface area (Å²) in [7, 11) is -3.51. The van der Waals surface area contributed by atoms with Crippen molar-refractivity contribution < 1.29 is 13.2 Å². The maximum atomic E-state index is 12.5. The van der Waals surface area contributed by atoms with E-state index in [-0.39, 0.29) is 10.8 Å². The molecule has 1 amide bonds. The van der Waals surface area contributed by atoms with Gasteiger partial charge in [0.1, 0.15) is 0 Å². The Morgan fingerprint density at radius 3 is 2.38 bits per heavy atom. The van der Waals surface area contributed by atoms with Crippen LogP contribution < -0.4 is 5.32 Å². The Kier molecular flexibility index (Phi) is 6.71. The molecule has 0 spiro atoms. The fraction of sp³-hybridized carbons (Fsp3) is 0.318. The number of benzene rings is 2. The number of sulfonamides is 1. The van der Waals surface area contributed by atoms with Gasteiger partial charge in [-0.1, -0.05) is 32.0 Å². The molecule has 1 heterocycles. The first-order valence-corrected chi connectivity index (χ1v) is 11.3. The molecule has 0 aliphatic carbocycles. The summed E-state index contributed by atoms with van der Waals surface area (Å²) in [5.74, 6) is -0.200. The molecule has 0 fully saturated rings. The third-order valence-corrected chi connectivity index (χ3v) is 7.07. The van der Waals surface area contributed by atoms with E-state index in [2.05, 4.69) is 34.3 Å². The van der Waals surface area contributed by atoms with Gasteiger partial charge in [-0.15, -0.1) is 0 Å². The summed E-state index contributed by atoms with van der Waals surface area (Å²) >= 11 is 0. The Labute approximate surface area is 172 Å². The lowest BCUT2D eigenvalue weighted by atomic mass is 10.2. The number of carbonyl (C=O) groups excluding carboxylic acids is 1. The van der Waals surface area contributed by atoms with E-state index in [1.54, 1.807) is 26.0 Å². The first-order chi connectivity index (χ1) is 14.0. The lowest BCUT2D eigenvalue weighted by Crippen LogP contribution is -2.30. The summed E-state index contributed by atoms with van der Waals surface area (Å²) in [5.41, 5.74) is 1.64. The fourth-order valence-corrected chi connectivity index (χ4v) is 4.84. The van der Waals surface area contributed by atoms with Crippen molar-refractivity contribution >= 4 is 26.8 Å². The van der Waals surface area contributed by atoms with Gasteiger partial charge in [0.2, 0.25) is 10.0 Å². The molecule has 0 unspecified atom stereocenters. The minimum atomic E-state index is -3.51. The van der Waals surface area contributed by atoms with Crippen LogP contribution in [0.1, 0.15) is 30.6 Å². The normalized spacial score (nSPS) is 11.8. The van der Waals surface area contributed by atoms with Crippen molar-refractivity contribution in [3.05, 3.63) is 66.4 Å². The number of nitrogens with one attached hydrogen (secondary N) is 1. The molecule has 7 heteroatoms. The number of aryl methyl sites for hydroxylation is 1. The maximum absolute atomic E-state index is 12.5. The Morgan fingerprint density at radius 1 is 1.00 bits per heavy atom. The number of para-hydroxylation sites is 1. The highest BCUT2D eigenvalue weighted by molar-refractivity contribution is 7.89. The standard InChI is InChI=1S/C22H27N3O3S/c1-3-25(4-2)29(27,28)20-12-10-19(11-13-20)22(26)23-15-7-16-24-17-14-18-8-5-6-9-21(18)24/h5-6,8-14,17H,3-4,7,15-16H2,1-2H3,(H,23,26). The molecule has 2 aromatic carbocycles. The highest BCUT2D eigenvalue weighted by atomic mass is 32.2. The van der Waals surface area contributed by atoms with Crippen LogP contribution in [0, 0.1) is 0 Å². The highest BCUT2D eigenvalue weighted by Gasteiger charge is 2.21. The number of nitrogens with zero attached hydrogens (tertiary/aromatic N) is 2. The summed E-state index contributed by atoms with van der Waals surface area (Å²) < 4.78 is 28.6. The van der Waals surface area contributed by atoms with E-state index in [1.165, 1.54) is 27.3 Å². The quantitative estimate of drug-likeness (QED) is 0.546. The molecular weight excluding hydrogens is 386 g/mol. The van der Waals surface area contributed by atoms with Crippen molar-refractivity contribution in [2.75, 3.05) is 19.6 Å². The third-order valence-electron chi connectivity index (χ3n) is 5.00. The molecule has 6 nitrogen and oxygen atoms in total. The second-order valence-corrected chi connectivity index (χ2v) is 8.73. The van der Waals surface area contributed by atoms with Gasteiger partial charge in [0.05, 0.1) is 4.90 Å². The van der Waals surface area contributed by atoms with Crippen molar-refractivity contribution in [1.29, 1.82) is 0 Å². The fourth-order valence-electron chi connectivity index (χ4n) is 3.38. The molecule has 29 heavy (non-hydrogen) atoms. The van der Waals surface area contributed by atoms with Crippen molar-refractivity contribution in [2.24, 2.45) is 0 Å². The molecular formula is C22H27N3O3S. The zero-order valence-electron chi connectivity index (χ0n) is 16.8. The molecule has 3 rings (SSSR count). The Hall–Kier alpha value is -2.64. The topological polar surface area (TPSA) is 71.4 Å². The minimum Gasteiger partial charge on any atom is -0.352 e. The molecule has 0 aliphatic rings. The van der Waals surface area contributed by atoms with Gasteiger partial charge in [-0.3, -0.25) is 4.79 Å². The van der Waals surface area contributed by atoms with Crippen molar-refractivity contribution in [3.63, 3.8) is 0 Å². The monoisotopic (exact) mass is 413 g/mol. The zero-order valence-corrected chi connectivity index (χ0v) is 17.7. The molecule has 0 atom stereocenters. The third kappa shape index (κ3) is 4.68. The second-order valence-electron chi connectivity index (χ2n) is 6.79. The highest BCUT2D eigenvalue weighted by Crippen LogP contribution is 2.17. The van der Waals surface area contributed by atoms with E-state index in [1.807, 2.05) is 12.1 Å². The Bertz CT molecular complexity index is 1070. The van der Waals surface area contributed by atoms with E-state index < -0.39 is 10.0 Å². The lowest BCUT2D eigenvalue weighted by molar-refractivity contribution is 0.0952. The van der Waals surface area contributed by atoms with Crippen LogP contribution in [-0.2, 0) is 16.6 Å². The lowest BCUT2D eigenvalue weighted by Gasteiger charge is -2.18. The molecule has 154 valence electrons. The van der Waals surface area contributed by atoms with E-state index in [0.717, 1.165) is 13.0 Å². The van der Waals surface area contributed by atoms with Gasteiger partial charge in [-0.25, -0.2) is 8.42 Å². The molecule has 0 aliphatic heterocycles. The molecule has 1 aromatic heterocycles. The first-order valence-electron chi connectivity index (χ1n) is 9.89. The summed E-state index contributed by atoms with van der Waals surface area (Å²) in [4.78, 5) is 12.6. The number of carbonyl (C=O) groups is 1. The van der Waals surface area contributed by atoms with Crippen LogP contribution >= 0.6 is 0 Å². The van der Waals surface area contributed by atoms with Gasteiger partial charge in [0.15, 0.2) is 0 Å². The minimum absolute atomic E-state index is 0.200. The van der Waals surface area contributed by atoms with Crippen LogP contribution in [0.4, 0.5) is 0 Å². The Morgan fingerprint density at radius 2 is 1.69 bits per heavy atom. The molecule has 3 aromatic rings.